The Morgan fingerprint density at radius 3 is 2.30 bits per heavy atom. The number of hydrogen-bond donors (Lipinski definition) is 1. The number of hydrogen-bond acceptors (Lipinski definition) is 4. The molecule has 3 aromatic rings. The van der Waals surface area contributed by atoms with Gasteiger partial charge in [-0.1, -0.05) is 37.3 Å². The number of nitrogens with zero attached hydrogens (tertiary/aromatic N) is 4. The first-order valence-electron chi connectivity index (χ1n) is 11.9. The van der Waals surface area contributed by atoms with Crippen molar-refractivity contribution in [2.75, 3.05) is 24.5 Å². The minimum absolute atomic E-state index is 0.107. The van der Waals surface area contributed by atoms with Crippen molar-refractivity contribution in [1.29, 1.82) is 0 Å². The average molecular weight is 448 g/mol. The van der Waals surface area contributed by atoms with Crippen LogP contribution < -0.4 is 15.9 Å². The second kappa shape index (κ2) is 10.5. The molecule has 0 bridgehead atoms. The van der Waals surface area contributed by atoms with Gasteiger partial charge in [-0.2, -0.15) is 5.10 Å². The molecule has 0 radical (unpaired) electrons. The van der Waals surface area contributed by atoms with E-state index in [1.54, 1.807) is 10.9 Å². The topological polar surface area (TPSA) is 72.2 Å². The zero-order valence-electron chi connectivity index (χ0n) is 19.5. The highest BCUT2D eigenvalue weighted by atomic mass is 16.2. The lowest BCUT2D eigenvalue weighted by atomic mass is 9.79. The number of carbonyl (C=O) groups is 1. The Kier molecular flexibility index (Phi) is 7.27. The third-order valence-electron chi connectivity index (χ3n) is 6.53. The number of nitrogens with one attached hydrogen (secondary N) is 1. The van der Waals surface area contributed by atoms with Gasteiger partial charge in [-0.25, -0.2) is 14.0 Å². The van der Waals surface area contributed by atoms with Crippen molar-refractivity contribution in [3.05, 3.63) is 77.0 Å². The fraction of sp³-hybridized carbons (Fsp3) is 0.423. The third-order valence-corrected chi connectivity index (χ3v) is 6.53. The predicted molar refractivity (Wildman–Crippen MR) is 131 cm³/mol. The summed E-state index contributed by atoms with van der Waals surface area (Å²) < 4.78 is 3.01. The molecule has 174 valence electrons. The van der Waals surface area contributed by atoms with Crippen molar-refractivity contribution in [2.45, 2.75) is 45.6 Å². The quantitative estimate of drug-likeness (QED) is 0.573. The van der Waals surface area contributed by atoms with Gasteiger partial charge in [-0.15, -0.1) is 0 Å². The molecule has 1 unspecified atom stereocenters. The molecule has 1 N–H and O–H groups in total. The Bertz CT molecular complexity index is 1100. The molecule has 4 rings (SSSR count). The highest BCUT2D eigenvalue weighted by Crippen LogP contribution is 2.34. The molecule has 33 heavy (non-hydrogen) atoms. The average Bonchev–Trinajstić information content (AvgIpc) is 3.24. The van der Waals surface area contributed by atoms with Crippen LogP contribution in [0.2, 0.25) is 0 Å². The molecule has 1 aliphatic heterocycles. The summed E-state index contributed by atoms with van der Waals surface area (Å²) in [5, 5.41) is 7.25. The van der Waals surface area contributed by atoms with Gasteiger partial charge in [0.05, 0.1) is 11.6 Å². The molecule has 0 aliphatic carbocycles. The van der Waals surface area contributed by atoms with E-state index in [9.17, 15) is 9.59 Å². The number of aromatic nitrogens is 3. The summed E-state index contributed by atoms with van der Waals surface area (Å²) in [6.45, 7) is 7.06. The second-order valence-electron chi connectivity index (χ2n) is 8.62. The number of amides is 1. The van der Waals surface area contributed by atoms with E-state index >= 15 is 0 Å². The lowest BCUT2D eigenvalue weighted by Crippen LogP contribution is -2.40. The van der Waals surface area contributed by atoms with Gasteiger partial charge in [0, 0.05) is 31.9 Å². The van der Waals surface area contributed by atoms with Gasteiger partial charge >= 0.3 is 5.69 Å². The zero-order chi connectivity index (χ0) is 23.2. The van der Waals surface area contributed by atoms with Crippen LogP contribution in [0.5, 0.6) is 0 Å². The summed E-state index contributed by atoms with van der Waals surface area (Å²) in [4.78, 5) is 27.7. The Morgan fingerprint density at radius 1 is 1.03 bits per heavy atom. The Morgan fingerprint density at radius 2 is 1.70 bits per heavy atom. The van der Waals surface area contributed by atoms with Crippen LogP contribution >= 0.6 is 0 Å². The highest BCUT2D eigenvalue weighted by Gasteiger charge is 2.32. The summed E-state index contributed by atoms with van der Waals surface area (Å²) >= 11 is 0. The Labute approximate surface area is 195 Å². The van der Waals surface area contributed by atoms with E-state index < -0.39 is 0 Å². The van der Waals surface area contributed by atoms with E-state index in [-0.39, 0.29) is 17.5 Å². The molecular weight excluding hydrogens is 414 g/mol. The standard InChI is InChI=1S/C26H33N5O2/c1-3-16-27-25(32)24(20-8-6-5-7-9-20)21-14-17-29(18-15-21)22-10-12-23(13-11-22)30-19-28-31(4-2)26(30)33/h5-13,19,21,24H,3-4,14-18H2,1-2H3,(H,27,32). The van der Waals surface area contributed by atoms with Gasteiger partial charge in [0.15, 0.2) is 0 Å². The number of carbonyl (C=O) groups excluding carboxylic acids is 1. The summed E-state index contributed by atoms with van der Waals surface area (Å²) in [5.74, 6) is 0.353. The lowest BCUT2D eigenvalue weighted by Gasteiger charge is -2.37. The molecule has 1 atom stereocenters. The molecule has 1 amide bonds. The van der Waals surface area contributed by atoms with Crippen LogP contribution in [0, 0.1) is 5.92 Å². The maximum absolute atomic E-state index is 13.0. The van der Waals surface area contributed by atoms with Crippen LogP contribution in [0.3, 0.4) is 0 Å². The first-order chi connectivity index (χ1) is 16.1. The third kappa shape index (κ3) is 5.02. The number of rotatable bonds is 8. The van der Waals surface area contributed by atoms with Crippen LogP contribution in [-0.2, 0) is 11.3 Å². The van der Waals surface area contributed by atoms with E-state index in [0.717, 1.165) is 49.3 Å². The molecule has 0 saturated carbocycles. The molecule has 0 spiro atoms. The SMILES string of the molecule is CCCNC(=O)C(c1ccccc1)C1CCN(c2ccc(-n3cnn(CC)c3=O)cc2)CC1. The molecule has 2 heterocycles. The fourth-order valence-electron chi connectivity index (χ4n) is 4.70. The highest BCUT2D eigenvalue weighted by molar-refractivity contribution is 5.84. The van der Waals surface area contributed by atoms with E-state index in [0.29, 0.717) is 19.0 Å². The minimum atomic E-state index is -0.126. The number of piperidine rings is 1. The van der Waals surface area contributed by atoms with Crippen LogP contribution in [0.4, 0.5) is 5.69 Å². The summed E-state index contributed by atoms with van der Waals surface area (Å²) in [6.07, 6.45) is 4.43. The van der Waals surface area contributed by atoms with Gasteiger partial charge in [-0.05, 0) is 61.9 Å². The van der Waals surface area contributed by atoms with E-state index in [2.05, 4.69) is 46.5 Å². The molecule has 1 aliphatic rings. The first-order valence-corrected chi connectivity index (χ1v) is 11.9. The monoisotopic (exact) mass is 447 g/mol. The number of anilines is 1. The van der Waals surface area contributed by atoms with Crippen LogP contribution in [0.25, 0.3) is 5.69 Å². The molecule has 1 aromatic heterocycles. The summed E-state index contributed by atoms with van der Waals surface area (Å²) in [6, 6.07) is 18.2. The molecule has 2 aromatic carbocycles. The fourth-order valence-corrected chi connectivity index (χ4v) is 4.70. The Hall–Kier alpha value is -3.35. The van der Waals surface area contributed by atoms with Gasteiger partial charge < -0.3 is 10.2 Å². The van der Waals surface area contributed by atoms with Crippen molar-refractivity contribution >= 4 is 11.6 Å². The van der Waals surface area contributed by atoms with Crippen LogP contribution in [0.15, 0.2) is 65.7 Å². The van der Waals surface area contributed by atoms with Gasteiger partial charge in [0.25, 0.3) is 0 Å². The molecule has 7 nitrogen and oxygen atoms in total. The van der Waals surface area contributed by atoms with Crippen molar-refractivity contribution < 1.29 is 4.79 Å². The first kappa shape index (κ1) is 22.8. The minimum Gasteiger partial charge on any atom is -0.372 e. The molecule has 1 fully saturated rings. The van der Waals surface area contributed by atoms with E-state index in [1.165, 1.54) is 4.68 Å². The van der Waals surface area contributed by atoms with Gasteiger partial charge in [-0.3, -0.25) is 4.79 Å². The maximum Gasteiger partial charge on any atom is 0.350 e. The van der Waals surface area contributed by atoms with E-state index in [4.69, 9.17) is 0 Å². The Balaban J connectivity index is 1.44. The van der Waals surface area contributed by atoms with Crippen molar-refractivity contribution in [3.63, 3.8) is 0 Å². The molecule has 7 heteroatoms. The normalized spacial score (nSPS) is 15.4. The summed E-state index contributed by atoms with van der Waals surface area (Å²) in [5.41, 5.74) is 2.93. The second-order valence-corrected chi connectivity index (χ2v) is 8.62. The summed E-state index contributed by atoms with van der Waals surface area (Å²) in [7, 11) is 0. The molecular formula is C26H33N5O2. The zero-order valence-corrected chi connectivity index (χ0v) is 19.5. The van der Waals surface area contributed by atoms with Gasteiger partial charge in [0.1, 0.15) is 6.33 Å². The lowest BCUT2D eigenvalue weighted by molar-refractivity contribution is -0.124. The number of aryl methyl sites for hydroxylation is 1. The number of benzene rings is 2. The largest absolute Gasteiger partial charge is 0.372 e. The van der Waals surface area contributed by atoms with Gasteiger partial charge in [0.2, 0.25) is 5.91 Å². The smallest absolute Gasteiger partial charge is 0.350 e. The van der Waals surface area contributed by atoms with Crippen LogP contribution in [-0.4, -0.2) is 39.9 Å². The van der Waals surface area contributed by atoms with Crippen molar-refractivity contribution in [1.82, 2.24) is 19.7 Å². The maximum atomic E-state index is 13.0. The predicted octanol–water partition coefficient (Wildman–Crippen LogP) is 3.58. The van der Waals surface area contributed by atoms with Crippen LogP contribution in [0.1, 0.15) is 44.6 Å². The van der Waals surface area contributed by atoms with Crippen molar-refractivity contribution in [3.8, 4) is 5.69 Å². The van der Waals surface area contributed by atoms with E-state index in [1.807, 2.05) is 37.3 Å². The van der Waals surface area contributed by atoms with Crippen molar-refractivity contribution in [2.24, 2.45) is 5.92 Å². The molecule has 1 saturated heterocycles.